The lowest BCUT2D eigenvalue weighted by Gasteiger charge is -2.13. The second-order valence-electron chi connectivity index (χ2n) is 8.12. The molecule has 4 nitrogen and oxygen atoms in total. The van der Waals surface area contributed by atoms with Gasteiger partial charge >= 0.3 is 13.2 Å². The van der Waals surface area contributed by atoms with Crippen molar-refractivity contribution in [3.05, 3.63) is 47.5 Å². The van der Waals surface area contributed by atoms with Gasteiger partial charge in [-0.15, -0.1) is 0 Å². The second kappa shape index (κ2) is 11.3. The van der Waals surface area contributed by atoms with E-state index in [4.69, 9.17) is 9.47 Å². The Kier molecular flexibility index (Phi) is 8.47. The third-order valence-electron chi connectivity index (χ3n) is 5.04. The molecular weight excluding hydrogens is 428 g/mol. The van der Waals surface area contributed by atoms with Gasteiger partial charge in [0.2, 0.25) is 0 Å². The van der Waals surface area contributed by atoms with Gasteiger partial charge < -0.3 is 18.9 Å². The van der Waals surface area contributed by atoms with Crippen molar-refractivity contribution < 1.29 is 36.5 Å². The second-order valence-corrected chi connectivity index (χ2v) is 8.12. The van der Waals surface area contributed by atoms with Gasteiger partial charge in [-0.25, -0.2) is 0 Å². The zero-order valence-corrected chi connectivity index (χ0v) is 18.2. The maximum absolute atomic E-state index is 12.2. The average molecular weight is 456 g/mol. The molecule has 2 aromatic carbocycles. The molecule has 2 aromatic rings. The van der Waals surface area contributed by atoms with E-state index >= 15 is 0 Å². The van der Waals surface area contributed by atoms with Crippen molar-refractivity contribution in [2.24, 2.45) is 11.8 Å². The van der Waals surface area contributed by atoms with E-state index in [0.717, 1.165) is 36.8 Å². The fraction of sp³-hybridized carbons (Fsp3) is 0.500. The van der Waals surface area contributed by atoms with Gasteiger partial charge in [-0.3, -0.25) is 0 Å². The van der Waals surface area contributed by atoms with E-state index in [0.29, 0.717) is 36.5 Å². The number of halogens is 4. The minimum absolute atomic E-state index is 0.112. The highest BCUT2D eigenvalue weighted by atomic mass is 19.3. The van der Waals surface area contributed by atoms with Gasteiger partial charge in [-0.1, -0.05) is 18.2 Å². The number of aryl methyl sites for hydroxylation is 2. The van der Waals surface area contributed by atoms with Crippen LogP contribution in [0.5, 0.6) is 23.0 Å². The molecule has 0 saturated heterocycles. The van der Waals surface area contributed by atoms with Crippen molar-refractivity contribution in [1.29, 1.82) is 0 Å². The lowest BCUT2D eigenvalue weighted by Crippen LogP contribution is -2.07. The van der Waals surface area contributed by atoms with E-state index in [1.54, 1.807) is 18.2 Å². The summed E-state index contributed by atoms with van der Waals surface area (Å²) in [5.41, 5.74) is 1.78. The maximum Gasteiger partial charge on any atom is 0.387 e. The summed E-state index contributed by atoms with van der Waals surface area (Å²) in [6.07, 6.45) is 4.65. The molecule has 2 aliphatic carbocycles. The van der Waals surface area contributed by atoms with Crippen molar-refractivity contribution in [2.75, 3.05) is 13.2 Å². The topological polar surface area (TPSA) is 36.9 Å². The molecule has 0 amide bonds. The summed E-state index contributed by atoms with van der Waals surface area (Å²) in [5.74, 6) is 2.25. The van der Waals surface area contributed by atoms with Crippen molar-refractivity contribution in [3.63, 3.8) is 0 Å². The Hall–Kier alpha value is -2.64. The van der Waals surface area contributed by atoms with Crippen LogP contribution >= 0.6 is 0 Å². The van der Waals surface area contributed by atoms with Crippen molar-refractivity contribution in [2.45, 2.75) is 52.8 Å². The van der Waals surface area contributed by atoms with E-state index in [2.05, 4.69) is 9.47 Å². The lowest BCUT2D eigenvalue weighted by molar-refractivity contribution is -0.0521. The summed E-state index contributed by atoms with van der Waals surface area (Å²) in [6, 6.07) is 9.96. The molecule has 8 heteroatoms. The maximum atomic E-state index is 12.2. The highest BCUT2D eigenvalue weighted by molar-refractivity contribution is 5.46. The van der Waals surface area contributed by atoms with Crippen LogP contribution < -0.4 is 18.9 Å². The molecule has 2 saturated carbocycles. The summed E-state index contributed by atoms with van der Waals surface area (Å²) in [5, 5.41) is 0. The van der Waals surface area contributed by atoms with Crippen LogP contribution in [-0.4, -0.2) is 26.4 Å². The molecule has 32 heavy (non-hydrogen) atoms. The Morgan fingerprint density at radius 2 is 1.34 bits per heavy atom. The molecule has 4 rings (SSSR count). The summed E-state index contributed by atoms with van der Waals surface area (Å²) in [4.78, 5) is 0. The summed E-state index contributed by atoms with van der Waals surface area (Å²) in [6.45, 7) is -0.749. The molecule has 176 valence electrons. The van der Waals surface area contributed by atoms with Gasteiger partial charge in [0.05, 0.1) is 13.2 Å². The number of para-hydroxylation sites is 1. The lowest BCUT2D eigenvalue weighted by atomic mass is 10.2. The Morgan fingerprint density at radius 3 is 1.94 bits per heavy atom. The number of hydrogen-bond acceptors (Lipinski definition) is 4. The van der Waals surface area contributed by atoms with E-state index in [9.17, 15) is 17.6 Å². The summed E-state index contributed by atoms with van der Waals surface area (Å²) >= 11 is 0. The Labute approximate surface area is 185 Å². The predicted molar refractivity (Wildman–Crippen MR) is 112 cm³/mol. The molecule has 0 heterocycles. The Balaban J connectivity index is 0.000000181. The Bertz CT molecular complexity index is 867. The zero-order chi connectivity index (χ0) is 23.1. The molecule has 0 unspecified atom stereocenters. The number of rotatable bonds is 10. The van der Waals surface area contributed by atoms with Gasteiger partial charge in [-0.05, 0) is 80.7 Å². The predicted octanol–water partition coefficient (Wildman–Crippen LogP) is 6.77. The van der Waals surface area contributed by atoms with E-state index in [1.165, 1.54) is 12.1 Å². The first-order valence-electron chi connectivity index (χ1n) is 10.7. The van der Waals surface area contributed by atoms with Crippen LogP contribution in [0.3, 0.4) is 0 Å². The van der Waals surface area contributed by atoms with E-state index in [1.807, 2.05) is 19.9 Å². The first-order chi connectivity index (χ1) is 15.3. The largest absolute Gasteiger partial charge is 0.489 e. The van der Waals surface area contributed by atoms with Crippen molar-refractivity contribution in [3.8, 4) is 23.0 Å². The highest BCUT2D eigenvalue weighted by Gasteiger charge is 2.24. The SMILES string of the molecule is Cc1ccc(OC(F)F)c(OCC2CC2)c1.Cc1cccc(OC(F)F)c1OCC1CC1. The van der Waals surface area contributed by atoms with Crippen LogP contribution in [0.1, 0.15) is 36.8 Å². The molecule has 0 aliphatic heterocycles. The Morgan fingerprint density at radius 1 is 0.750 bits per heavy atom. The zero-order valence-electron chi connectivity index (χ0n) is 18.2. The molecule has 0 bridgehead atoms. The number of ether oxygens (including phenoxy) is 4. The van der Waals surface area contributed by atoms with Crippen LogP contribution in [-0.2, 0) is 0 Å². The highest BCUT2D eigenvalue weighted by Crippen LogP contribution is 2.36. The molecule has 2 fully saturated rings. The van der Waals surface area contributed by atoms with Crippen LogP contribution in [0.2, 0.25) is 0 Å². The first-order valence-corrected chi connectivity index (χ1v) is 10.7. The average Bonchev–Trinajstić information content (AvgIpc) is 3.62. The van der Waals surface area contributed by atoms with Gasteiger partial charge in [0.25, 0.3) is 0 Å². The van der Waals surface area contributed by atoms with Crippen LogP contribution in [0.25, 0.3) is 0 Å². The minimum atomic E-state index is -2.81. The molecule has 0 N–H and O–H groups in total. The van der Waals surface area contributed by atoms with E-state index in [-0.39, 0.29) is 11.5 Å². The standard InChI is InChI=1S/2C12H14F2O2/c1-8-2-5-10(16-12(13)14)11(6-8)15-7-9-3-4-9;1-8-3-2-4-10(16-12(13)14)11(8)15-7-9-5-6-9/h2,5-6,9,12H,3-4,7H2,1H3;2-4,9,12H,5-7H2,1H3. The molecule has 0 aromatic heterocycles. The molecule has 0 radical (unpaired) electrons. The quantitative estimate of drug-likeness (QED) is 0.370. The van der Waals surface area contributed by atoms with Gasteiger partial charge in [0.1, 0.15) is 0 Å². The fourth-order valence-corrected chi connectivity index (χ4v) is 2.90. The fourth-order valence-electron chi connectivity index (χ4n) is 2.90. The summed E-state index contributed by atoms with van der Waals surface area (Å²) in [7, 11) is 0. The number of benzene rings is 2. The van der Waals surface area contributed by atoms with Crippen molar-refractivity contribution in [1.82, 2.24) is 0 Å². The third kappa shape index (κ3) is 8.13. The molecule has 2 aliphatic rings. The van der Waals surface area contributed by atoms with Crippen LogP contribution in [0, 0.1) is 25.7 Å². The van der Waals surface area contributed by atoms with Crippen LogP contribution in [0.4, 0.5) is 17.6 Å². The summed E-state index contributed by atoms with van der Waals surface area (Å²) < 4.78 is 68.4. The van der Waals surface area contributed by atoms with Gasteiger partial charge in [0, 0.05) is 0 Å². The minimum Gasteiger partial charge on any atom is -0.489 e. The van der Waals surface area contributed by atoms with E-state index < -0.39 is 13.2 Å². The smallest absolute Gasteiger partial charge is 0.387 e. The molecular formula is C24H28F4O4. The third-order valence-corrected chi connectivity index (χ3v) is 5.04. The first kappa shape index (κ1) is 24.0. The van der Waals surface area contributed by atoms with Gasteiger partial charge in [-0.2, -0.15) is 17.6 Å². The van der Waals surface area contributed by atoms with Gasteiger partial charge in [0.15, 0.2) is 23.0 Å². The number of alkyl halides is 4. The molecule has 0 atom stereocenters. The molecule has 0 spiro atoms. The van der Waals surface area contributed by atoms with Crippen LogP contribution in [0.15, 0.2) is 36.4 Å². The monoisotopic (exact) mass is 456 g/mol. The number of hydrogen-bond donors (Lipinski definition) is 0. The normalized spacial score (nSPS) is 15.2. The van der Waals surface area contributed by atoms with Crippen molar-refractivity contribution >= 4 is 0 Å².